The van der Waals surface area contributed by atoms with Crippen LogP contribution < -0.4 is 10.5 Å². The number of likely N-dealkylation sites (N-methyl/N-ethyl adjacent to an activating group) is 1. The van der Waals surface area contributed by atoms with Crippen molar-refractivity contribution >= 4 is 15.9 Å². The number of hydrogen-bond donors (Lipinski definition) is 1. The summed E-state index contributed by atoms with van der Waals surface area (Å²) in [6.07, 6.45) is 8.04. The van der Waals surface area contributed by atoms with Crippen LogP contribution in [-0.4, -0.2) is 31.6 Å². The van der Waals surface area contributed by atoms with Crippen LogP contribution >= 0.6 is 15.9 Å². The minimum atomic E-state index is 0.273. The molecule has 1 unspecified atom stereocenters. The van der Waals surface area contributed by atoms with E-state index in [2.05, 4.69) is 40.0 Å². The summed E-state index contributed by atoms with van der Waals surface area (Å²) in [7, 11) is 3.92. The molecule has 1 aromatic carbocycles. The summed E-state index contributed by atoms with van der Waals surface area (Å²) in [6.45, 7) is 0.645. The third-order valence-corrected chi connectivity index (χ3v) is 5.30. The van der Waals surface area contributed by atoms with Gasteiger partial charge in [-0.15, -0.1) is 0 Å². The first-order valence-corrected chi connectivity index (χ1v) is 8.72. The standard InChI is InChI=1S/C17H27BrN2O/c1-20(14-7-5-3-4-6-8-14)16(12-19)13-9-10-17(21-2)15(18)11-13/h9-11,14,16H,3-8,12,19H2,1-2H3. The van der Waals surface area contributed by atoms with Gasteiger partial charge >= 0.3 is 0 Å². The Bertz CT molecular complexity index is 444. The summed E-state index contributed by atoms with van der Waals surface area (Å²) in [4.78, 5) is 2.49. The molecule has 21 heavy (non-hydrogen) atoms. The van der Waals surface area contributed by atoms with E-state index < -0.39 is 0 Å². The van der Waals surface area contributed by atoms with Crippen LogP contribution in [0.1, 0.15) is 50.1 Å². The Morgan fingerprint density at radius 2 is 1.95 bits per heavy atom. The summed E-state index contributed by atoms with van der Waals surface area (Å²) in [6, 6.07) is 7.22. The van der Waals surface area contributed by atoms with Gasteiger partial charge in [0.1, 0.15) is 5.75 Å². The highest BCUT2D eigenvalue weighted by molar-refractivity contribution is 9.10. The molecule has 2 N–H and O–H groups in total. The normalized spacial score (nSPS) is 18.5. The molecule has 1 saturated carbocycles. The van der Waals surface area contributed by atoms with E-state index in [1.54, 1.807) is 7.11 Å². The first-order valence-electron chi connectivity index (χ1n) is 7.92. The lowest BCUT2D eigenvalue weighted by Crippen LogP contribution is -2.38. The molecule has 0 radical (unpaired) electrons. The van der Waals surface area contributed by atoms with Crippen LogP contribution in [-0.2, 0) is 0 Å². The molecular formula is C17H27BrN2O. The minimum absolute atomic E-state index is 0.273. The number of ether oxygens (including phenoxy) is 1. The maximum absolute atomic E-state index is 6.08. The summed E-state index contributed by atoms with van der Waals surface area (Å²) in [5.41, 5.74) is 7.34. The van der Waals surface area contributed by atoms with Crippen LogP contribution in [0.5, 0.6) is 5.75 Å². The van der Waals surface area contributed by atoms with Gasteiger partial charge in [0, 0.05) is 18.6 Å². The topological polar surface area (TPSA) is 38.5 Å². The average Bonchev–Trinajstić information content (AvgIpc) is 2.77. The van der Waals surface area contributed by atoms with E-state index in [1.807, 2.05) is 6.07 Å². The van der Waals surface area contributed by atoms with Crippen LogP contribution in [0.25, 0.3) is 0 Å². The van der Waals surface area contributed by atoms with E-state index >= 15 is 0 Å². The zero-order valence-corrected chi connectivity index (χ0v) is 14.7. The van der Waals surface area contributed by atoms with E-state index in [0.29, 0.717) is 12.6 Å². The van der Waals surface area contributed by atoms with E-state index in [0.717, 1.165) is 10.2 Å². The smallest absolute Gasteiger partial charge is 0.133 e. The van der Waals surface area contributed by atoms with Crippen LogP contribution in [0.2, 0.25) is 0 Å². The first kappa shape index (κ1) is 16.8. The van der Waals surface area contributed by atoms with Gasteiger partial charge < -0.3 is 10.5 Å². The second-order valence-corrected chi connectivity index (χ2v) is 6.81. The summed E-state index contributed by atoms with van der Waals surface area (Å²) >= 11 is 3.58. The number of halogens is 1. The van der Waals surface area contributed by atoms with Gasteiger partial charge in [-0.05, 0) is 53.5 Å². The Morgan fingerprint density at radius 1 is 1.29 bits per heavy atom. The largest absolute Gasteiger partial charge is 0.496 e. The first-order chi connectivity index (χ1) is 10.2. The zero-order valence-electron chi connectivity index (χ0n) is 13.1. The quantitative estimate of drug-likeness (QED) is 0.808. The molecular weight excluding hydrogens is 328 g/mol. The summed E-state index contributed by atoms with van der Waals surface area (Å²) in [5.74, 6) is 0.867. The number of rotatable bonds is 5. The minimum Gasteiger partial charge on any atom is -0.496 e. The maximum atomic E-state index is 6.08. The number of methoxy groups -OCH3 is 1. The van der Waals surface area contributed by atoms with Crippen molar-refractivity contribution in [1.82, 2.24) is 4.90 Å². The second-order valence-electron chi connectivity index (χ2n) is 5.96. The van der Waals surface area contributed by atoms with Crippen molar-refractivity contribution in [2.45, 2.75) is 50.6 Å². The van der Waals surface area contributed by atoms with Gasteiger partial charge in [0.25, 0.3) is 0 Å². The van der Waals surface area contributed by atoms with E-state index in [1.165, 1.54) is 44.1 Å². The van der Waals surface area contributed by atoms with Gasteiger partial charge in [0.05, 0.1) is 11.6 Å². The molecule has 0 heterocycles. The van der Waals surface area contributed by atoms with Gasteiger partial charge in [-0.2, -0.15) is 0 Å². The lowest BCUT2D eigenvalue weighted by molar-refractivity contribution is 0.161. The van der Waals surface area contributed by atoms with Crippen LogP contribution in [0.3, 0.4) is 0 Å². The molecule has 0 aliphatic heterocycles. The monoisotopic (exact) mass is 354 g/mol. The SMILES string of the molecule is COc1ccc(C(CN)N(C)C2CCCCCC2)cc1Br. The molecule has 1 fully saturated rings. The Kier molecular flexibility index (Phi) is 6.52. The molecule has 0 spiro atoms. The van der Waals surface area contributed by atoms with Crippen molar-refractivity contribution < 1.29 is 4.74 Å². The Hall–Kier alpha value is -0.580. The third-order valence-electron chi connectivity index (χ3n) is 4.68. The van der Waals surface area contributed by atoms with E-state index in [-0.39, 0.29) is 6.04 Å². The van der Waals surface area contributed by atoms with Crippen molar-refractivity contribution in [2.75, 3.05) is 20.7 Å². The Balaban J connectivity index is 2.15. The number of hydrogen-bond acceptors (Lipinski definition) is 3. The lowest BCUT2D eigenvalue weighted by atomic mass is 10.0. The molecule has 1 aliphatic rings. The van der Waals surface area contributed by atoms with E-state index in [4.69, 9.17) is 10.5 Å². The van der Waals surface area contributed by atoms with Crippen molar-refractivity contribution in [2.24, 2.45) is 5.73 Å². The predicted octanol–water partition coefficient (Wildman–Crippen LogP) is 4.11. The molecule has 118 valence electrons. The van der Waals surface area contributed by atoms with Gasteiger partial charge in [-0.25, -0.2) is 0 Å². The number of benzene rings is 1. The molecule has 4 heteroatoms. The van der Waals surface area contributed by atoms with Crippen LogP contribution in [0, 0.1) is 0 Å². The molecule has 0 aromatic heterocycles. The molecule has 0 saturated heterocycles. The van der Waals surface area contributed by atoms with Crippen molar-refractivity contribution in [1.29, 1.82) is 0 Å². The van der Waals surface area contributed by atoms with Crippen molar-refractivity contribution in [3.05, 3.63) is 28.2 Å². The lowest BCUT2D eigenvalue weighted by Gasteiger charge is -2.34. The maximum Gasteiger partial charge on any atom is 0.133 e. The fourth-order valence-corrected chi connectivity index (χ4v) is 3.91. The fourth-order valence-electron chi connectivity index (χ4n) is 3.35. The molecule has 0 amide bonds. The van der Waals surface area contributed by atoms with Crippen molar-refractivity contribution in [3.63, 3.8) is 0 Å². The fraction of sp³-hybridized carbons (Fsp3) is 0.647. The zero-order chi connectivity index (χ0) is 15.2. The molecule has 1 aromatic rings. The second kappa shape index (κ2) is 8.16. The number of nitrogens with zero attached hydrogens (tertiary/aromatic N) is 1. The van der Waals surface area contributed by atoms with Gasteiger partial charge in [0.15, 0.2) is 0 Å². The molecule has 0 bridgehead atoms. The average molecular weight is 355 g/mol. The number of nitrogens with two attached hydrogens (primary N) is 1. The Morgan fingerprint density at radius 3 is 2.48 bits per heavy atom. The van der Waals surface area contributed by atoms with Crippen LogP contribution in [0.15, 0.2) is 22.7 Å². The predicted molar refractivity (Wildman–Crippen MR) is 91.7 cm³/mol. The van der Waals surface area contributed by atoms with E-state index in [9.17, 15) is 0 Å². The molecule has 1 atom stereocenters. The van der Waals surface area contributed by atoms with Gasteiger partial charge in [-0.3, -0.25) is 4.90 Å². The third kappa shape index (κ3) is 4.21. The molecule has 2 rings (SSSR count). The highest BCUT2D eigenvalue weighted by atomic mass is 79.9. The molecule has 1 aliphatic carbocycles. The van der Waals surface area contributed by atoms with Gasteiger partial charge in [0.2, 0.25) is 0 Å². The molecule has 3 nitrogen and oxygen atoms in total. The van der Waals surface area contributed by atoms with Crippen molar-refractivity contribution in [3.8, 4) is 5.75 Å². The highest BCUT2D eigenvalue weighted by Gasteiger charge is 2.24. The summed E-state index contributed by atoms with van der Waals surface area (Å²) in [5, 5.41) is 0. The Labute approximate surface area is 137 Å². The van der Waals surface area contributed by atoms with Crippen LogP contribution in [0.4, 0.5) is 0 Å². The van der Waals surface area contributed by atoms with Gasteiger partial charge in [-0.1, -0.05) is 31.7 Å². The highest BCUT2D eigenvalue weighted by Crippen LogP contribution is 2.32. The summed E-state index contributed by atoms with van der Waals surface area (Å²) < 4.78 is 6.31.